The van der Waals surface area contributed by atoms with Crippen LogP contribution in [0.15, 0.2) is 12.1 Å². The van der Waals surface area contributed by atoms with Gasteiger partial charge in [0.15, 0.2) is 0 Å². The molecule has 0 radical (unpaired) electrons. The van der Waals surface area contributed by atoms with E-state index in [-0.39, 0.29) is 5.38 Å². The van der Waals surface area contributed by atoms with Gasteiger partial charge in [-0.25, -0.2) is 0 Å². The lowest BCUT2D eigenvalue weighted by molar-refractivity contribution is 0.389. The van der Waals surface area contributed by atoms with Gasteiger partial charge in [0.1, 0.15) is 16.5 Å². The topological polar surface area (TPSA) is 18.5 Å². The predicted octanol–water partition coefficient (Wildman–Crippen LogP) is 4.29. The van der Waals surface area contributed by atoms with Crippen molar-refractivity contribution < 1.29 is 9.47 Å². The van der Waals surface area contributed by atoms with Gasteiger partial charge in [-0.1, -0.05) is 31.5 Å². The lowest BCUT2D eigenvalue weighted by atomic mass is 10.0. The van der Waals surface area contributed by atoms with Crippen LogP contribution >= 0.6 is 23.2 Å². The Labute approximate surface area is 106 Å². The molecule has 0 spiro atoms. The maximum atomic E-state index is 6.31. The van der Waals surface area contributed by atoms with Crippen LogP contribution in [-0.4, -0.2) is 14.2 Å². The Kier molecular flexibility index (Phi) is 4.75. The van der Waals surface area contributed by atoms with Crippen molar-refractivity contribution in [1.29, 1.82) is 0 Å². The summed E-state index contributed by atoms with van der Waals surface area (Å²) in [4.78, 5) is 0. The minimum Gasteiger partial charge on any atom is -0.495 e. The zero-order valence-corrected chi connectivity index (χ0v) is 11.4. The molecule has 0 saturated heterocycles. The molecule has 0 N–H and O–H groups in total. The molecular formula is C12H16Cl2O2. The van der Waals surface area contributed by atoms with Crippen LogP contribution in [0.1, 0.15) is 24.8 Å². The number of rotatable bonds is 4. The number of hydrogen-bond donors (Lipinski definition) is 0. The van der Waals surface area contributed by atoms with E-state index < -0.39 is 0 Å². The molecule has 0 aliphatic rings. The van der Waals surface area contributed by atoms with Crippen molar-refractivity contribution in [2.24, 2.45) is 5.92 Å². The van der Waals surface area contributed by atoms with E-state index in [0.717, 1.165) is 5.56 Å². The average molecular weight is 263 g/mol. The third-order valence-electron chi connectivity index (χ3n) is 2.40. The summed E-state index contributed by atoms with van der Waals surface area (Å²) in [7, 11) is 3.15. The minimum absolute atomic E-state index is 0.127. The molecule has 1 rings (SSSR count). The van der Waals surface area contributed by atoms with Crippen LogP contribution in [-0.2, 0) is 0 Å². The molecule has 90 valence electrons. The van der Waals surface area contributed by atoms with Gasteiger partial charge >= 0.3 is 0 Å². The summed E-state index contributed by atoms with van der Waals surface area (Å²) in [5, 5.41) is 0.340. The number of ether oxygens (including phenoxy) is 2. The SMILES string of the molecule is COc1ccc(C(Cl)C(C)C)c(OC)c1Cl. The van der Waals surface area contributed by atoms with Crippen LogP contribution in [0.4, 0.5) is 0 Å². The second-order valence-corrected chi connectivity index (χ2v) is 4.70. The minimum atomic E-state index is -0.127. The first-order chi connectivity index (χ1) is 7.52. The van der Waals surface area contributed by atoms with E-state index >= 15 is 0 Å². The van der Waals surface area contributed by atoms with Gasteiger partial charge in [0.25, 0.3) is 0 Å². The average Bonchev–Trinajstić information content (AvgIpc) is 2.27. The predicted molar refractivity (Wildman–Crippen MR) is 68.0 cm³/mol. The number of halogens is 2. The molecule has 0 heterocycles. The fourth-order valence-electron chi connectivity index (χ4n) is 1.49. The second-order valence-electron chi connectivity index (χ2n) is 3.85. The maximum Gasteiger partial charge on any atom is 0.145 e. The normalized spacial score (nSPS) is 12.7. The van der Waals surface area contributed by atoms with E-state index in [4.69, 9.17) is 32.7 Å². The second kappa shape index (κ2) is 5.65. The summed E-state index contributed by atoms with van der Waals surface area (Å²) < 4.78 is 10.4. The molecule has 0 saturated carbocycles. The number of hydrogen-bond acceptors (Lipinski definition) is 2. The van der Waals surface area contributed by atoms with Gasteiger partial charge in [0, 0.05) is 5.56 Å². The highest BCUT2D eigenvalue weighted by Gasteiger charge is 2.21. The standard InChI is InChI=1S/C12H16Cl2O2/c1-7(2)10(13)8-5-6-9(15-3)11(14)12(8)16-4/h5-7,10H,1-4H3. The monoisotopic (exact) mass is 262 g/mol. The number of methoxy groups -OCH3 is 2. The smallest absolute Gasteiger partial charge is 0.145 e. The van der Waals surface area contributed by atoms with Crippen molar-refractivity contribution in [3.05, 3.63) is 22.7 Å². The summed E-state index contributed by atoms with van der Waals surface area (Å²) in [5.41, 5.74) is 0.893. The summed E-state index contributed by atoms with van der Waals surface area (Å²) in [6.07, 6.45) is 0. The Bertz CT molecular complexity index is 364. The number of alkyl halides is 1. The highest BCUT2D eigenvalue weighted by atomic mass is 35.5. The first-order valence-electron chi connectivity index (χ1n) is 5.07. The van der Waals surface area contributed by atoms with Crippen LogP contribution < -0.4 is 9.47 Å². The van der Waals surface area contributed by atoms with Gasteiger partial charge in [0.2, 0.25) is 0 Å². The van der Waals surface area contributed by atoms with Crippen LogP contribution in [0.5, 0.6) is 11.5 Å². The molecule has 0 aliphatic carbocycles. The molecule has 1 aromatic rings. The van der Waals surface area contributed by atoms with Crippen molar-refractivity contribution in [3.63, 3.8) is 0 Å². The zero-order chi connectivity index (χ0) is 12.3. The van der Waals surface area contributed by atoms with Gasteiger partial charge in [-0.3, -0.25) is 0 Å². The fourth-order valence-corrected chi connectivity index (χ4v) is 1.99. The lowest BCUT2D eigenvalue weighted by Gasteiger charge is -2.19. The first-order valence-corrected chi connectivity index (χ1v) is 5.88. The molecule has 1 atom stereocenters. The molecular weight excluding hydrogens is 247 g/mol. The molecule has 1 unspecified atom stereocenters. The van der Waals surface area contributed by atoms with Gasteiger partial charge in [-0.05, 0) is 12.0 Å². The maximum absolute atomic E-state index is 6.31. The number of benzene rings is 1. The lowest BCUT2D eigenvalue weighted by Crippen LogP contribution is -2.03. The first kappa shape index (κ1) is 13.5. The van der Waals surface area contributed by atoms with Gasteiger partial charge in [-0.15, -0.1) is 11.6 Å². The third kappa shape index (κ3) is 2.55. The highest BCUT2D eigenvalue weighted by Crippen LogP contribution is 2.43. The molecule has 0 fully saturated rings. The van der Waals surface area contributed by atoms with Crippen molar-refractivity contribution >= 4 is 23.2 Å². The molecule has 1 aromatic carbocycles. The Hall–Kier alpha value is -0.600. The van der Waals surface area contributed by atoms with E-state index in [1.165, 1.54) is 0 Å². The molecule has 2 nitrogen and oxygen atoms in total. The Morgan fingerprint density at radius 2 is 1.75 bits per heavy atom. The summed E-state index contributed by atoms with van der Waals surface area (Å²) in [6, 6.07) is 3.69. The summed E-state index contributed by atoms with van der Waals surface area (Å²) >= 11 is 12.5. The Morgan fingerprint density at radius 3 is 2.19 bits per heavy atom. The Balaban J connectivity index is 3.25. The van der Waals surface area contributed by atoms with Crippen molar-refractivity contribution in [2.75, 3.05) is 14.2 Å². The van der Waals surface area contributed by atoms with Crippen LogP contribution in [0.25, 0.3) is 0 Å². The van der Waals surface area contributed by atoms with Crippen molar-refractivity contribution in [3.8, 4) is 11.5 Å². The Morgan fingerprint density at radius 1 is 1.12 bits per heavy atom. The summed E-state index contributed by atoms with van der Waals surface area (Å²) in [5.74, 6) is 1.49. The molecule has 0 aromatic heterocycles. The fraction of sp³-hybridized carbons (Fsp3) is 0.500. The summed E-state index contributed by atoms with van der Waals surface area (Å²) in [6.45, 7) is 4.10. The van der Waals surface area contributed by atoms with Crippen LogP contribution in [0, 0.1) is 5.92 Å². The molecule has 4 heteroatoms. The van der Waals surface area contributed by atoms with E-state index in [1.807, 2.05) is 6.07 Å². The van der Waals surface area contributed by atoms with Crippen LogP contribution in [0.2, 0.25) is 5.02 Å². The van der Waals surface area contributed by atoms with Gasteiger partial charge < -0.3 is 9.47 Å². The van der Waals surface area contributed by atoms with E-state index in [9.17, 15) is 0 Å². The zero-order valence-electron chi connectivity index (χ0n) is 9.88. The highest BCUT2D eigenvalue weighted by molar-refractivity contribution is 6.34. The van der Waals surface area contributed by atoms with Crippen molar-refractivity contribution in [1.82, 2.24) is 0 Å². The quantitative estimate of drug-likeness (QED) is 0.754. The third-order valence-corrected chi connectivity index (χ3v) is 3.50. The van der Waals surface area contributed by atoms with Crippen LogP contribution in [0.3, 0.4) is 0 Å². The van der Waals surface area contributed by atoms with E-state index in [2.05, 4.69) is 13.8 Å². The van der Waals surface area contributed by atoms with Gasteiger partial charge in [0.05, 0.1) is 19.6 Å². The molecule has 16 heavy (non-hydrogen) atoms. The largest absolute Gasteiger partial charge is 0.495 e. The van der Waals surface area contributed by atoms with E-state index in [0.29, 0.717) is 22.4 Å². The van der Waals surface area contributed by atoms with Gasteiger partial charge in [-0.2, -0.15) is 0 Å². The van der Waals surface area contributed by atoms with E-state index in [1.54, 1.807) is 20.3 Å². The molecule has 0 aliphatic heterocycles. The molecule has 0 bridgehead atoms. The molecule has 0 amide bonds. The van der Waals surface area contributed by atoms with Crippen molar-refractivity contribution in [2.45, 2.75) is 19.2 Å².